The highest BCUT2D eigenvalue weighted by Crippen LogP contribution is 2.26. The lowest BCUT2D eigenvalue weighted by Gasteiger charge is -2.20. The monoisotopic (exact) mass is 393 g/mol. The lowest BCUT2D eigenvalue weighted by Crippen LogP contribution is -2.30. The predicted octanol–water partition coefficient (Wildman–Crippen LogP) is 4.00. The summed E-state index contributed by atoms with van der Waals surface area (Å²) in [5.74, 6) is -0.0850. The number of nitrogens with one attached hydrogen (secondary N) is 2. The fraction of sp³-hybridized carbons (Fsp3) is 0.0952. The molecule has 0 radical (unpaired) electrons. The molecule has 4 rings (SSSR count). The van der Waals surface area contributed by atoms with E-state index in [1.54, 1.807) is 19.1 Å². The highest BCUT2D eigenvalue weighted by Gasteiger charge is 2.25. The van der Waals surface area contributed by atoms with Crippen LogP contribution in [0.15, 0.2) is 70.1 Å². The van der Waals surface area contributed by atoms with Gasteiger partial charge in [-0.3, -0.25) is 9.59 Å². The van der Waals surface area contributed by atoms with Crippen molar-refractivity contribution in [1.82, 2.24) is 15.3 Å². The van der Waals surface area contributed by atoms with Gasteiger partial charge in [0.2, 0.25) is 5.71 Å². The second kappa shape index (κ2) is 7.32. The van der Waals surface area contributed by atoms with Gasteiger partial charge in [-0.05, 0) is 30.2 Å². The molecule has 4 aromatic rings. The Labute approximate surface area is 165 Å². The number of hydrogen-bond donors (Lipinski definition) is 2. The highest BCUT2D eigenvalue weighted by atomic mass is 35.5. The summed E-state index contributed by atoms with van der Waals surface area (Å²) < 4.78 is 5.50. The number of aryl methyl sites for hydroxylation is 1. The fourth-order valence-corrected chi connectivity index (χ4v) is 3.32. The van der Waals surface area contributed by atoms with E-state index in [2.05, 4.69) is 15.3 Å². The van der Waals surface area contributed by atoms with Gasteiger partial charge < -0.3 is 14.7 Å². The van der Waals surface area contributed by atoms with Crippen LogP contribution in [0.5, 0.6) is 0 Å². The van der Waals surface area contributed by atoms with Crippen LogP contribution in [0.4, 0.5) is 0 Å². The molecular weight excluding hydrogens is 378 g/mol. The second-order valence-electron chi connectivity index (χ2n) is 6.31. The maximum atomic E-state index is 13.1. The Hall–Kier alpha value is -3.38. The molecule has 2 heterocycles. The number of furan rings is 1. The molecule has 1 atom stereocenters. The standard InChI is InChI=1S/C21H16ClN3O3/c1-12-16(17-19(26)23-11-24-21(17)28-12)20(27)25-18(13-5-3-2-4-6-13)14-7-9-15(22)10-8-14/h2-11,18H,1H3,(H,25,27)(H,23,24,26). The first kappa shape index (κ1) is 18.0. The molecule has 7 heteroatoms. The van der Waals surface area contributed by atoms with Crippen molar-refractivity contribution in [2.45, 2.75) is 13.0 Å². The Kier molecular flexibility index (Phi) is 4.71. The number of H-pyrrole nitrogens is 1. The number of aromatic amines is 1. The average molecular weight is 394 g/mol. The van der Waals surface area contributed by atoms with E-state index in [9.17, 15) is 9.59 Å². The molecule has 0 fully saturated rings. The Balaban J connectivity index is 1.78. The van der Waals surface area contributed by atoms with Gasteiger partial charge in [0.15, 0.2) is 0 Å². The molecule has 6 nitrogen and oxygen atoms in total. The molecule has 1 unspecified atom stereocenters. The SMILES string of the molecule is Cc1oc2nc[nH]c(=O)c2c1C(=O)NC(c1ccccc1)c1ccc(Cl)cc1. The minimum Gasteiger partial charge on any atom is -0.442 e. The average Bonchev–Trinajstić information content (AvgIpc) is 3.05. The molecule has 1 amide bonds. The third kappa shape index (κ3) is 3.30. The molecular formula is C21H16ClN3O3. The summed E-state index contributed by atoms with van der Waals surface area (Å²) in [6, 6.07) is 16.4. The van der Waals surface area contributed by atoms with E-state index >= 15 is 0 Å². The van der Waals surface area contributed by atoms with E-state index in [0.29, 0.717) is 10.8 Å². The van der Waals surface area contributed by atoms with Crippen molar-refractivity contribution in [2.24, 2.45) is 0 Å². The predicted molar refractivity (Wildman–Crippen MR) is 107 cm³/mol. The number of carbonyl (C=O) groups is 1. The molecule has 0 bridgehead atoms. The fourth-order valence-electron chi connectivity index (χ4n) is 3.19. The molecule has 0 saturated carbocycles. The van der Waals surface area contributed by atoms with Crippen molar-refractivity contribution in [2.75, 3.05) is 0 Å². The minimum absolute atomic E-state index is 0.133. The lowest BCUT2D eigenvalue weighted by molar-refractivity contribution is 0.0943. The summed E-state index contributed by atoms with van der Waals surface area (Å²) in [4.78, 5) is 31.8. The number of aromatic nitrogens is 2. The molecule has 0 aliphatic heterocycles. The third-order valence-electron chi connectivity index (χ3n) is 4.51. The normalized spacial score (nSPS) is 12.1. The van der Waals surface area contributed by atoms with Crippen LogP contribution in [0.2, 0.25) is 5.02 Å². The number of fused-ring (bicyclic) bond motifs is 1. The molecule has 0 saturated heterocycles. The van der Waals surface area contributed by atoms with E-state index < -0.39 is 17.5 Å². The number of carbonyl (C=O) groups excluding carboxylic acids is 1. The van der Waals surface area contributed by atoms with Crippen molar-refractivity contribution < 1.29 is 9.21 Å². The maximum absolute atomic E-state index is 13.1. The molecule has 2 aromatic carbocycles. The Morgan fingerprint density at radius 2 is 1.79 bits per heavy atom. The van der Waals surface area contributed by atoms with Crippen molar-refractivity contribution in [3.63, 3.8) is 0 Å². The summed E-state index contributed by atoms with van der Waals surface area (Å²) in [5.41, 5.74) is 1.65. The summed E-state index contributed by atoms with van der Waals surface area (Å²) >= 11 is 6.01. The van der Waals surface area contributed by atoms with E-state index in [-0.39, 0.29) is 16.7 Å². The zero-order valence-electron chi connectivity index (χ0n) is 14.9. The Morgan fingerprint density at radius 3 is 2.50 bits per heavy atom. The van der Waals surface area contributed by atoms with Crippen molar-refractivity contribution in [1.29, 1.82) is 0 Å². The maximum Gasteiger partial charge on any atom is 0.262 e. The lowest BCUT2D eigenvalue weighted by atomic mass is 9.98. The van der Waals surface area contributed by atoms with Gasteiger partial charge in [0.25, 0.3) is 11.5 Å². The molecule has 0 aliphatic carbocycles. The quantitative estimate of drug-likeness (QED) is 0.548. The van der Waals surface area contributed by atoms with Crippen LogP contribution in [0.1, 0.15) is 33.3 Å². The summed E-state index contributed by atoms with van der Waals surface area (Å²) in [6.07, 6.45) is 1.25. The van der Waals surface area contributed by atoms with Gasteiger partial charge in [-0.2, -0.15) is 0 Å². The van der Waals surface area contributed by atoms with E-state index in [1.165, 1.54) is 6.33 Å². The van der Waals surface area contributed by atoms with Gasteiger partial charge in [0.05, 0.1) is 17.9 Å². The van der Waals surface area contributed by atoms with Gasteiger partial charge >= 0.3 is 0 Å². The second-order valence-corrected chi connectivity index (χ2v) is 6.75. The molecule has 140 valence electrons. The van der Waals surface area contributed by atoms with E-state index in [1.807, 2.05) is 42.5 Å². The smallest absolute Gasteiger partial charge is 0.262 e. The van der Waals surface area contributed by atoms with Gasteiger partial charge in [-0.25, -0.2) is 4.98 Å². The van der Waals surface area contributed by atoms with Crippen LogP contribution in [0.25, 0.3) is 11.1 Å². The van der Waals surface area contributed by atoms with Crippen LogP contribution in [-0.2, 0) is 0 Å². The molecule has 28 heavy (non-hydrogen) atoms. The molecule has 0 spiro atoms. The number of amides is 1. The van der Waals surface area contributed by atoms with Crippen molar-refractivity contribution in [3.05, 3.63) is 98.8 Å². The summed E-state index contributed by atoms with van der Waals surface area (Å²) in [6.45, 7) is 1.63. The summed E-state index contributed by atoms with van der Waals surface area (Å²) in [7, 11) is 0. The molecule has 0 aliphatic rings. The zero-order valence-corrected chi connectivity index (χ0v) is 15.7. The summed E-state index contributed by atoms with van der Waals surface area (Å²) in [5, 5.41) is 3.76. The topological polar surface area (TPSA) is 88.0 Å². The van der Waals surface area contributed by atoms with E-state index in [4.69, 9.17) is 16.0 Å². The molecule has 2 aromatic heterocycles. The number of benzene rings is 2. The first-order valence-electron chi connectivity index (χ1n) is 8.62. The Morgan fingerprint density at radius 1 is 1.11 bits per heavy atom. The zero-order chi connectivity index (χ0) is 19.7. The first-order chi connectivity index (χ1) is 13.5. The van der Waals surface area contributed by atoms with Gasteiger partial charge in [0, 0.05) is 5.02 Å². The number of nitrogens with zero attached hydrogens (tertiary/aromatic N) is 1. The van der Waals surface area contributed by atoms with Crippen LogP contribution < -0.4 is 10.9 Å². The van der Waals surface area contributed by atoms with Gasteiger partial charge in [0.1, 0.15) is 11.1 Å². The van der Waals surface area contributed by atoms with Crippen LogP contribution in [0, 0.1) is 6.92 Å². The van der Waals surface area contributed by atoms with E-state index in [0.717, 1.165) is 11.1 Å². The van der Waals surface area contributed by atoms with Crippen molar-refractivity contribution >= 4 is 28.6 Å². The number of rotatable bonds is 4. The van der Waals surface area contributed by atoms with Gasteiger partial charge in [-0.15, -0.1) is 0 Å². The number of hydrogen-bond acceptors (Lipinski definition) is 4. The highest BCUT2D eigenvalue weighted by molar-refractivity contribution is 6.30. The third-order valence-corrected chi connectivity index (χ3v) is 4.76. The van der Waals surface area contributed by atoms with Crippen molar-refractivity contribution in [3.8, 4) is 0 Å². The van der Waals surface area contributed by atoms with Crippen LogP contribution in [-0.4, -0.2) is 15.9 Å². The van der Waals surface area contributed by atoms with Crippen LogP contribution >= 0.6 is 11.6 Å². The van der Waals surface area contributed by atoms with Gasteiger partial charge in [-0.1, -0.05) is 54.1 Å². The minimum atomic E-state index is -0.425. The Bertz CT molecular complexity index is 1200. The first-order valence-corrected chi connectivity index (χ1v) is 9.00. The van der Waals surface area contributed by atoms with Crippen LogP contribution in [0.3, 0.4) is 0 Å². The largest absolute Gasteiger partial charge is 0.442 e. The molecule has 2 N–H and O–H groups in total. The number of halogens is 1.